The molecule has 0 saturated heterocycles. The predicted octanol–water partition coefficient (Wildman–Crippen LogP) is 0.601. The second kappa shape index (κ2) is 3.85. The van der Waals surface area contributed by atoms with Gasteiger partial charge >= 0.3 is 0 Å². The Balaban J connectivity index is 2.05. The van der Waals surface area contributed by atoms with Crippen LogP contribution in [0.25, 0.3) is 11.1 Å². The number of nitrogens with one attached hydrogen (secondary N) is 1. The normalized spacial score (nSPS) is 21.1. The molecule has 0 saturated carbocycles. The first kappa shape index (κ1) is 10.8. The van der Waals surface area contributed by atoms with Gasteiger partial charge in [0, 0.05) is 17.3 Å². The number of fused-ring (bicyclic) bond motifs is 1. The summed E-state index contributed by atoms with van der Waals surface area (Å²) >= 11 is 0. The number of anilines is 1. The zero-order valence-corrected chi connectivity index (χ0v) is 9.84. The quantitative estimate of drug-likeness (QED) is 0.716. The highest BCUT2D eigenvalue weighted by atomic mass is 16.4. The number of nitrogens with zero attached hydrogens (tertiary/aromatic N) is 2. The molecule has 0 radical (unpaired) electrons. The summed E-state index contributed by atoms with van der Waals surface area (Å²) in [6.07, 6.45) is 1.55. The van der Waals surface area contributed by atoms with Crippen LogP contribution in [0, 0.1) is 0 Å². The van der Waals surface area contributed by atoms with E-state index in [9.17, 15) is 0 Å². The summed E-state index contributed by atoms with van der Waals surface area (Å²) in [5.74, 6) is 0. The van der Waals surface area contributed by atoms with Crippen molar-refractivity contribution in [1.82, 2.24) is 10.3 Å². The van der Waals surface area contributed by atoms with Gasteiger partial charge in [0.2, 0.25) is 0 Å². The van der Waals surface area contributed by atoms with Crippen molar-refractivity contribution < 1.29 is 4.42 Å². The van der Waals surface area contributed by atoms with E-state index >= 15 is 0 Å². The number of benzene rings is 1. The molecule has 1 aliphatic heterocycles. The van der Waals surface area contributed by atoms with Crippen LogP contribution < -0.4 is 16.8 Å². The van der Waals surface area contributed by atoms with E-state index < -0.39 is 0 Å². The molecule has 18 heavy (non-hydrogen) atoms. The number of aromatic nitrogens is 1. The number of nitrogen functional groups attached to an aromatic ring is 1. The molecule has 1 aliphatic rings. The summed E-state index contributed by atoms with van der Waals surface area (Å²) in [4.78, 5) is 8.54. The fourth-order valence-corrected chi connectivity index (χ4v) is 2.06. The van der Waals surface area contributed by atoms with Gasteiger partial charge in [-0.2, -0.15) is 4.98 Å². The number of rotatable bonds is 2. The van der Waals surface area contributed by atoms with E-state index in [1.54, 1.807) is 6.20 Å². The predicted molar refractivity (Wildman–Crippen MR) is 70.1 cm³/mol. The molecular weight excluding hydrogens is 230 g/mol. The Kier molecular flexibility index (Phi) is 2.31. The third-order valence-electron chi connectivity index (χ3n) is 2.96. The molecule has 3 rings (SSSR count). The molecule has 5 N–H and O–H groups in total. The minimum absolute atomic E-state index is 0.0249. The summed E-state index contributed by atoms with van der Waals surface area (Å²) in [7, 11) is 1.84. The molecule has 2 aromatic rings. The Labute approximate surface area is 103 Å². The van der Waals surface area contributed by atoms with Crippen LogP contribution >= 0.6 is 0 Å². The van der Waals surface area contributed by atoms with Gasteiger partial charge in [0.1, 0.15) is 11.7 Å². The Morgan fingerprint density at radius 2 is 2.28 bits per heavy atom. The average Bonchev–Trinajstić information content (AvgIpc) is 2.68. The van der Waals surface area contributed by atoms with Gasteiger partial charge in [-0.05, 0) is 25.2 Å². The first-order chi connectivity index (χ1) is 8.72. The van der Waals surface area contributed by atoms with Crippen LogP contribution in [0.1, 0.15) is 5.56 Å². The summed E-state index contributed by atoms with van der Waals surface area (Å²) in [6.45, 7) is 0. The van der Waals surface area contributed by atoms with Crippen LogP contribution in [0.2, 0.25) is 0 Å². The number of hydrogen-bond donors (Lipinski definition) is 3. The van der Waals surface area contributed by atoms with Crippen molar-refractivity contribution in [2.75, 3.05) is 12.8 Å². The maximum Gasteiger partial charge on any atom is 0.292 e. The second-order valence-corrected chi connectivity index (χ2v) is 4.03. The van der Waals surface area contributed by atoms with Gasteiger partial charge in [-0.3, -0.25) is 10.3 Å². The molecule has 0 bridgehead atoms. The van der Waals surface area contributed by atoms with Gasteiger partial charge in [-0.1, -0.05) is 0 Å². The molecule has 0 aliphatic carbocycles. The molecule has 0 amide bonds. The van der Waals surface area contributed by atoms with Gasteiger partial charge in [-0.15, -0.1) is 0 Å². The monoisotopic (exact) mass is 243 g/mol. The maximum atomic E-state index is 5.61. The molecule has 1 atom stereocenters. The lowest BCUT2D eigenvalue weighted by Crippen LogP contribution is -2.39. The largest absolute Gasteiger partial charge is 0.424 e. The lowest BCUT2D eigenvalue weighted by molar-refractivity contribution is 0.626. The van der Waals surface area contributed by atoms with Crippen molar-refractivity contribution in [2.45, 2.75) is 6.17 Å². The zero-order valence-electron chi connectivity index (χ0n) is 9.84. The van der Waals surface area contributed by atoms with E-state index in [1.165, 1.54) is 0 Å². The molecule has 6 heteroatoms. The summed E-state index contributed by atoms with van der Waals surface area (Å²) in [6, 6.07) is 5.81. The first-order valence-electron chi connectivity index (χ1n) is 5.56. The smallest absolute Gasteiger partial charge is 0.292 e. The average molecular weight is 243 g/mol. The van der Waals surface area contributed by atoms with E-state index in [0.29, 0.717) is 5.58 Å². The lowest BCUT2D eigenvalue weighted by atomic mass is 9.95. The molecule has 6 nitrogen and oxygen atoms in total. The fraction of sp³-hybridized carbons (Fsp3) is 0.167. The summed E-state index contributed by atoms with van der Waals surface area (Å²) < 4.78 is 5.22. The number of aliphatic imine (C=N–C) groups is 1. The van der Waals surface area contributed by atoms with Crippen molar-refractivity contribution in [2.24, 2.45) is 10.7 Å². The van der Waals surface area contributed by atoms with Crippen molar-refractivity contribution in [1.29, 1.82) is 0 Å². The van der Waals surface area contributed by atoms with Crippen LogP contribution in [-0.2, 0) is 0 Å². The second-order valence-electron chi connectivity index (χ2n) is 4.03. The van der Waals surface area contributed by atoms with Gasteiger partial charge in [0.25, 0.3) is 6.01 Å². The molecule has 92 valence electrons. The minimum Gasteiger partial charge on any atom is -0.424 e. The van der Waals surface area contributed by atoms with Crippen LogP contribution in [-0.4, -0.2) is 23.9 Å². The zero-order chi connectivity index (χ0) is 12.7. The van der Waals surface area contributed by atoms with Crippen LogP contribution in [0.4, 0.5) is 6.01 Å². The molecule has 1 aromatic heterocycles. The van der Waals surface area contributed by atoms with Crippen molar-refractivity contribution in [3.8, 4) is 0 Å². The Morgan fingerprint density at radius 1 is 1.44 bits per heavy atom. The van der Waals surface area contributed by atoms with E-state index in [2.05, 4.69) is 15.3 Å². The van der Waals surface area contributed by atoms with Crippen LogP contribution in [0.3, 0.4) is 0 Å². The third-order valence-corrected chi connectivity index (χ3v) is 2.96. The minimum atomic E-state index is -0.0249. The Hall–Kier alpha value is -2.34. The molecule has 1 unspecified atom stereocenters. The third kappa shape index (κ3) is 1.46. The highest BCUT2D eigenvalue weighted by Gasteiger charge is 2.27. The Morgan fingerprint density at radius 3 is 3.00 bits per heavy atom. The molecule has 2 heterocycles. The van der Waals surface area contributed by atoms with E-state index in [0.717, 1.165) is 22.4 Å². The summed E-state index contributed by atoms with van der Waals surface area (Å²) in [5, 5.41) is 3.05. The summed E-state index contributed by atoms with van der Waals surface area (Å²) in [5.41, 5.74) is 15.3. The standard InChI is InChI=1S/C12H13N5O/c1-15-11-7(5-13)10(17-11)6-2-3-9-8(4-6)16-12(14)18-9/h2-5,11,15H,13H2,1H3,(H2,14,16)/b7-5-. The van der Waals surface area contributed by atoms with E-state index in [1.807, 2.05) is 25.2 Å². The van der Waals surface area contributed by atoms with Crippen LogP contribution in [0.5, 0.6) is 0 Å². The topological polar surface area (TPSA) is 102 Å². The van der Waals surface area contributed by atoms with Gasteiger partial charge < -0.3 is 15.9 Å². The SMILES string of the molecule is CNC1N=C(c2ccc3oc(N)nc3c2)/C1=C/N. The lowest BCUT2D eigenvalue weighted by Gasteiger charge is -2.27. The molecular formula is C12H13N5O. The van der Waals surface area contributed by atoms with E-state index in [-0.39, 0.29) is 12.2 Å². The first-order valence-corrected chi connectivity index (χ1v) is 5.56. The number of hydrogen-bond acceptors (Lipinski definition) is 6. The van der Waals surface area contributed by atoms with Crippen molar-refractivity contribution in [3.63, 3.8) is 0 Å². The van der Waals surface area contributed by atoms with Gasteiger partial charge in [0.15, 0.2) is 5.58 Å². The number of likely N-dealkylation sites (N-methyl/N-ethyl adjacent to an activating group) is 1. The Bertz CT molecular complexity index is 670. The highest BCUT2D eigenvalue weighted by molar-refractivity contribution is 6.18. The van der Waals surface area contributed by atoms with Crippen molar-refractivity contribution in [3.05, 3.63) is 35.5 Å². The van der Waals surface area contributed by atoms with Gasteiger partial charge in [-0.25, -0.2) is 0 Å². The molecule has 0 fully saturated rings. The van der Waals surface area contributed by atoms with Crippen molar-refractivity contribution >= 4 is 22.8 Å². The maximum absolute atomic E-state index is 5.61. The molecule has 1 aromatic carbocycles. The molecule has 0 spiro atoms. The number of nitrogens with two attached hydrogens (primary N) is 2. The van der Waals surface area contributed by atoms with E-state index in [4.69, 9.17) is 15.9 Å². The highest BCUT2D eigenvalue weighted by Crippen LogP contribution is 2.26. The fourth-order valence-electron chi connectivity index (χ4n) is 2.06. The van der Waals surface area contributed by atoms with Gasteiger partial charge in [0.05, 0.1) is 5.71 Å². The number of oxazole rings is 1. The van der Waals surface area contributed by atoms with Crippen LogP contribution in [0.15, 0.2) is 39.4 Å².